The topological polar surface area (TPSA) is 21.4 Å². The highest BCUT2D eigenvalue weighted by molar-refractivity contribution is 6.13. The Balaban J connectivity index is 2.25. The van der Waals surface area contributed by atoms with Crippen molar-refractivity contribution in [2.24, 2.45) is 7.05 Å². The predicted molar refractivity (Wildman–Crippen MR) is 129 cm³/mol. The van der Waals surface area contributed by atoms with Crippen LogP contribution in [0.3, 0.4) is 0 Å². The molecule has 0 aliphatic carbocycles. The molecule has 0 aliphatic heterocycles. The first kappa shape index (κ1) is 12.7. The average Bonchev–Trinajstić information content (AvgIpc) is 3.18. The van der Waals surface area contributed by atoms with Crippen molar-refractivity contribution in [3.05, 3.63) is 69.7 Å². The van der Waals surface area contributed by atoms with Crippen molar-refractivity contribution in [1.29, 1.82) is 0 Å². The molecule has 0 saturated carbocycles. The lowest BCUT2D eigenvalue weighted by molar-refractivity contribution is -0.667. The minimum Gasteiger partial charge on any atom is -0.466 e. The normalized spacial score (nSPS) is 19.1. The molecular weight excluding hydrogens is 380 g/mol. The summed E-state index contributed by atoms with van der Waals surface area (Å²) in [7, 11) is 1.60. The highest BCUT2D eigenvalue weighted by Crippen LogP contribution is 2.43. The first-order valence-electron chi connectivity index (χ1n) is 14.6. The Labute approximate surface area is 197 Å². The first-order valence-corrected chi connectivity index (χ1v) is 10.1. The van der Waals surface area contributed by atoms with E-state index >= 15 is 0 Å². The maximum absolute atomic E-state index is 9.22. The first-order chi connectivity index (χ1) is 18.2. The minimum absolute atomic E-state index is 0.204. The zero-order valence-corrected chi connectivity index (χ0v) is 18.6. The van der Waals surface area contributed by atoms with E-state index in [2.05, 4.69) is 4.85 Å². The van der Waals surface area contributed by atoms with E-state index < -0.39 is 25.5 Å². The molecule has 0 spiro atoms. The third-order valence-electron chi connectivity index (χ3n) is 5.95. The van der Waals surface area contributed by atoms with Crippen LogP contribution in [0.1, 0.15) is 79.7 Å². The highest BCUT2D eigenvalue weighted by Gasteiger charge is 2.26. The van der Waals surface area contributed by atoms with Crippen molar-refractivity contribution in [3.63, 3.8) is 0 Å². The van der Waals surface area contributed by atoms with Gasteiger partial charge in [0.25, 0.3) is 0 Å². The third-order valence-corrected chi connectivity index (χ3v) is 5.95. The lowest BCUT2D eigenvalue weighted by Crippen LogP contribution is -2.36. The largest absolute Gasteiger partial charge is 0.466 e. The number of rotatable bonds is 3. The maximum Gasteiger partial charge on any atom is 0.232 e. The lowest BCUT2D eigenvalue weighted by atomic mass is 9.93. The molecule has 0 fully saturated rings. The van der Waals surface area contributed by atoms with Gasteiger partial charge in [0.15, 0.2) is 5.69 Å². The molecule has 0 saturated heterocycles. The highest BCUT2D eigenvalue weighted by atomic mass is 16.3. The van der Waals surface area contributed by atoms with E-state index in [1.807, 2.05) is 12.1 Å². The number of nitrogens with zero attached hydrogens (tertiary/aromatic N) is 2. The third kappa shape index (κ3) is 3.13. The Bertz CT molecular complexity index is 1730. The van der Waals surface area contributed by atoms with Crippen LogP contribution in [0.2, 0.25) is 0 Å². The molecule has 0 bridgehead atoms. The van der Waals surface area contributed by atoms with Crippen LogP contribution in [0.25, 0.3) is 38.0 Å². The number of aromatic nitrogens is 1. The van der Waals surface area contributed by atoms with E-state index in [0.717, 1.165) is 6.92 Å². The molecule has 1 unspecified atom stereocenters. The van der Waals surface area contributed by atoms with Gasteiger partial charge in [-0.15, -0.1) is 0 Å². The van der Waals surface area contributed by atoms with Crippen molar-refractivity contribution < 1.29 is 21.3 Å². The molecule has 0 N–H and O–H groups in total. The van der Waals surface area contributed by atoms with Crippen LogP contribution in [0.5, 0.6) is 0 Å². The van der Waals surface area contributed by atoms with Gasteiger partial charge in [-0.3, -0.25) is 0 Å². The SMILES string of the molecule is [2H]c1c(C([2H])(C)C([2H])([2H])[2H])c(C([2H])([2H])[2H])c(C)[n+](C)c1-c1c(C)ccc2c1oc1c([N+]#[C-])c(C([2H])(C)C)ccc12. The zero-order chi connectivity index (χ0) is 30.3. The second kappa shape index (κ2) is 7.54. The summed E-state index contributed by atoms with van der Waals surface area (Å²) in [5, 5.41) is 1.30. The second-order valence-corrected chi connectivity index (χ2v) is 8.18. The van der Waals surface area contributed by atoms with Crippen molar-refractivity contribution >= 4 is 27.6 Å². The summed E-state index contributed by atoms with van der Waals surface area (Å²) in [5.74, 6) is -3.46. The smallest absolute Gasteiger partial charge is 0.232 e. The number of fused-ring (bicyclic) bond motifs is 3. The molecule has 31 heavy (non-hydrogen) atoms. The molecule has 3 nitrogen and oxygen atoms in total. The van der Waals surface area contributed by atoms with Gasteiger partial charge in [0.2, 0.25) is 11.4 Å². The number of pyridine rings is 1. The Morgan fingerprint density at radius 1 is 1.06 bits per heavy atom. The van der Waals surface area contributed by atoms with Crippen LogP contribution in [0, 0.1) is 27.3 Å². The molecule has 2 aromatic heterocycles. The Morgan fingerprint density at radius 2 is 1.77 bits per heavy atom. The van der Waals surface area contributed by atoms with Crippen LogP contribution < -0.4 is 4.57 Å². The molecule has 4 aromatic rings. The van der Waals surface area contributed by atoms with E-state index in [1.54, 1.807) is 40.0 Å². The molecule has 2 aromatic carbocycles. The molecule has 1 atom stereocenters. The molecule has 3 heteroatoms. The number of hydrogen-bond donors (Lipinski definition) is 0. The summed E-state index contributed by atoms with van der Waals surface area (Å²) in [5.41, 5.74) is 2.16. The van der Waals surface area contributed by atoms with Gasteiger partial charge in [-0.2, -0.15) is 4.57 Å². The monoisotopic (exact) mass is 420 g/mol. The maximum atomic E-state index is 9.22. The van der Waals surface area contributed by atoms with Crippen LogP contribution >= 0.6 is 0 Å². The van der Waals surface area contributed by atoms with Gasteiger partial charge >= 0.3 is 0 Å². The van der Waals surface area contributed by atoms with Crippen molar-refractivity contribution in [2.45, 2.75) is 60.1 Å². The number of hydrogen-bond acceptors (Lipinski definition) is 1. The minimum atomic E-state index is -2.92. The zero-order valence-electron chi connectivity index (χ0n) is 27.6. The fraction of sp³-hybridized carbons (Fsp3) is 0.357. The van der Waals surface area contributed by atoms with Crippen LogP contribution in [0.15, 0.2) is 34.7 Å². The molecule has 0 amide bonds. The van der Waals surface area contributed by atoms with E-state index in [9.17, 15) is 1.37 Å². The van der Waals surface area contributed by atoms with Crippen molar-refractivity contribution in [3.8, 4) is 11.3 Å². The lowest BCUT2D eigenvalue weighted by Gasteiger charge is -2.14. The van der Waals surface area contributed by atoms with Gasteiger partial charge in [-0.1, -0.05) is 51.9 Å². The van der Waals surface area contributed by atoms with E-state index in [-0.39, 0.29) is 34.2 Å². The van der Waals surface area contributed by atoms with E-state index in [0.29, 0.717) is 38.6 Å². The van der Waals surface area contributed by atoms with Crippen molar-refractivity contribution in [1.82, 2.24) is 0 Å². The summed E-state index contributed by atoms with van der Waals surface area (Å²) in [6, 6.07) is 6.81. The van der Waals surface area contributed by atoms with Gasteiger partial charge in [-0.25, -0.2) is 4.85 Å². The quantitative estimate of drug-likeness (QED) is 0.245. The number of aryl methyl sites for hydroxylation is 1. The summed E-state index contributed by atoms with van der Waals surface area (Å²) in [4.78, 5) is 3.69. The van der Waals surface area contributed by atoms with E-state index in [1.165, 1.54) is 11.5 Å². The van der Waals surface area contributed by atoms with Gasteiger partial charge in [0.1, 0.15) is 18.2 Å². The summed E-state index contributed by atoms with van der Waals surface area (Å²) in [6.45, 7) is 9.97. The average molecular weight is 421 g/mol. The predicted octanol–water partition coefficient (Wildman–Crippen LogP) is 7.80. The van der Waals surface area contributed by atoms with Gasteiger partial charge in [-0.05, 0) is 42.3 Å². The molecule has 0 aliphatic rings. The summed E-state index contributed by atoms with van der Waals surface area (Å²) >= 11 is 0. The Kier molecular flexibility index (Phi) is 3.08. The van der Waals surface area contributed by atoms with Gasteiger partial charge < -0.3 is 4.42 Å². The number of furan rings is 1. The Morgan fingerprint density at radius 3 is 2.42 bits per heavy atom. The Hall–Kier alpha value is -3.12. The van der Waals surface area contributed by atoms with Gasteiger partial charge in [0, 0.05) is 40.3 Å². The second-order valence-electron chi connectivity index (χ2n) is 8.18. The standard InChI is InChI=1S/C28H31N2O/c1-15(2)20-12-13-22-21-11-10-17(5)25(27(21)31-28(22)26(20)29-8)24-14-23(16(3)4)18(6)19(7)30(24)9/h10-16H,1-7,9H3/q+1/i3D3,6D3,14D,15D,16D. The molecule has 0 radical (unpaired) electrons. The fourth-order valence-electron chi connectivity index (χ4n) is 4.09. The van der Waals surface area contributed by atoms with Crippen molar-refractivity contribution in [2.75, 3.05) is 0 Å². The summed E-state index contributed by atoms with van der Waals surface area (Å²) in [6.07, 6.45) is 0. The molecule has 158 valence electrons. The summed E-state index contributed by atoms with van der Waals surface area (Å²) < 4.78 is 83.1. The molecular formula is C28H31N2O+. The molecule has 2 heterocycles. The van der Waals surface area contributed by atoms with Gasteiger partial charge in [0.05, 0.1) is 13.5 Å². The fourth-order valence-corrected chi connectivity index (χ4v) is 4.09. The molecule has 4 rings (SSSR count). The van der Waals surface area contributed by atoms with Crippen LogP contribution in [-0.2, 0) is 7.05 Å². The van der Waals surface area contributed by atoms with Crippen LogP contribution in [0.4, 0.5) is 5.69 Å². The van der Waals surface area contributed by atoms with E-state index in [4.69, 9.17) is 22.0 Å². The number of benzene rings is 2. The van der Waals surface area contributed by atoms with Crippen LogP contribution in [-0.4, -0.2) is 0 Å².